The van der Waals surface area contributed by atoms with Gasteiger partial charge in [-0.1, -0.05) is 46.1 Å². The molecule has 1 aromatic carbocycles. The van der Waals surface area contributed by atoms with Gasteiger partial charge < -0.3 is 0 Å². The van der Waals surface area contributed by atoms with E-state index in [1.807, 2.05) is 6.07 Å². The van der Waals surface area contributed by atoms with E-state index in [1.165, 1.54) is 5.56 Å². The normalized spacial score (nSPS) is 11.8. The van der Waals surface area contributed by atoms with E-state index in [0.717, 1.165) is 62.5 Å². The van der Waals surface area contributed by atoms with Crippen LogP contribution in [0.25, 0.3) is 0 Å². The van der Waals surface area contributed by atoms with Crippen molar-refractivity contribution in [1.29, 1.82) is 0 Å². The highest BCUT2D eigenvalue weighted by molar-refractivity contribution is 7.85. The van der Waals surface area contributed by atoms with Gasteiger partial charge in [-0.25, -0.2) is 0 Å². The second-order valence-corrected chi connectivity index (χ2v) is 7.40. The molecule has 0 aromatic heterocycles. The van der Waals surface area contributed by atoms with Gasteiger partial charge in [-0.15, -0.1) is 0 Å². The first-order chi connectivity index (χ1) is 10.4. The fourth-order valence-corrected chi connectivity index (χ4v) is 3.50. The molecule has 0 aliphatic carbocycles. The molecule has 1 N–H and O–H groups in total. The van der Waals surface area contributed by atoms with Gasteiger partial charge in [0.25, 0.3) is 10.1 Å². The number of aryl methyl sites for hydroxylation is 3. The minimum absolute atomic E-state index is 0.118. The van der Waals surface area contributed by atoms with E-state index in [1.54, 1.807) is 6.07 Å². The SMILES string of the molecule is CCCCc1cc(CCCC)c(S(=O)(=O)O)cc1CCCC. The maximum Gasteiger partial charge on any atom is 0.294 e. The van der Waals surface area contributed by atoms with Crippen molar-refractivity contribution in [3.05, 3.63) is 28.8 Å². The topological polar surface area (TPSA) is 54.4 Å². The second kappa shape index (κ2) is 9.31. The molecule has 0 heterocycles. The van der Waals surface area contributed by atoms with Gasteiger partial charge in [0.05, 0.1) is 4.90 Å². The van der Waals surface area contributed by atoms with Crippen molar-refractivity contribution in [2.45, 2.75) is 83.5 Å². The third-order valence-electron chi connectivity index (χ3n) is 4.06. The standard InChI is InChI=1S/C18H30O3S/c1-4-7-10-15-13-17(12-9-6-3)18(22(19,20)21)14-16(15)11-8-5-2/h13-14H,4-12H2,1-3H3,(H,19,20,21). The monoisotopic (exact) mass is 326 g/mol. The van der Waals surface area contributed by atoms with Gasteiger partial charge in [0.2, 0.25) is 0 Å². The predicted octanol–water partition coefficient (Wildman–Crippen LogP) is 4.96. The molecule has 0 fully saturated rings. The fourth-order valence-electron chi connectivity index (χ4n) is 2.72. The number of unbranched alkanes of at least 4 members (excludes halogenated alkanes) is 3. The van der Waals surface area contributed by atoms with Gasteiger partial charge >= 0.3 is 0 Å². The Bertz CT molecular complexity index is 562. The van der Waals surface area contributed by atoms with Crippen LogP contribution in [-0.2, 0) is 29.4 Å². The molecule has 0 atom stereocenters. The van der Waals surface area contributed by atoms with E-state index in [9.17, 15) is 13.0 Å². The highest BCUT2D eigenvalue weighted by atomic mass is 32.2. The quantitative estimate of drug-likeness (QED) is 0.618. The van der Waals surface area contributed by atoms with Crippen LogP contribution in [0.15, 0.2) is 17.0 Å². The molecule has 22 heavy (non-hydrogen) atoms. The van der Waals surface area contributed by atoms with Crippen LogP contribution >= 0.6 is 0 Å². The zero-order valence-corrected chi connectivity index (χ0v) is 15.0. The molecule has 0 aliphatic rings. The van der Waals surface area contributed by atoms with Crippen LogP contribution in [0.2, 0.25) is 0 Å². The molecular weight excluding hydrogens is 296 g/mol. The van der Waals surface area contributed by atoms with Crippen molar-refractivity contribution in [1.82, 2.24) is 0 Å². The molecule has 1 rings (SSSR count). The van der Waals surface area contributed by atoms with E-state index in [2.05, 4.69) is 20.8 Å². The maximum atomic E-state index is 11.7. The first-order valence-electron chi connectivity index (χ1n) is 8.56. The minimum atomic E-state index is -4.15. The molecule has 0 bridgehead atoms. The highest BCUT2D eigenvalue weighted by Crippen LogP contribution is 2.25. The Morgan fingerprint density at radius 1 is 0.773 bits per heavy atom. The van der Waals surface area contributed by atoms with Gasteiger partial charge in [-0.05, 0) is 61.3 Å². The lowest BCUT2D eigenvalue weighted by Crippen LogP contribution is -2.07. The van der Waals surface area contributed by atoms with Crippen molar-refractivity contribution in [2.24, 2.45) is 0 Å². The van der Waals surface area contributed by atoms with E-state index < -0.39 is 10.1 Å². The average Bonchev–Trinajstić information content (AvgIpc) is 2.48. The lowest BCUT2D eigenvalue weighted by molar-refractivity contribution is 0.481. The molecule has 0 aliphatic heterocycles. The fraction of sp³-hybridized carbons (Fsp3) is 0.667. The summed E-state index contributed by atoms with van der Waals surface area (Å²) in [7, 11) is -4.15. The van der Waals surface area contributed by atoms with Gasteiger partial charge in [-0.3, -0.25) is 4.55 Å². The molecule has 0 saturated carbocycles. The van der Waals surface area contributed by atoms with Crippen molar-refractivity contribution >= 4 is 10.1 Å². The van der Waals surface area contributed by atoms with Crippen LogP contribution in [0.3, 0.4) is 0 Å². The molecule has 0 amide bonds. The Morgan fingerprint density at radius 3 is 1.59 bits per heavy atom. The molecule has 0 radical (unpaired) electrons. The van der Waals surface area contributed by atoms with E-state index in [0.29, 0.717) is 6.42 Å². The summed E-state index contributed by atoms with van der Waals surface area (Å²) in [6, 6.07) is 3.75. The summed E-state index contributed by atoms with van der Waals surface area (Å²) < 4.78 is 33.0. The summed E-state index contributed by atoms with van der Waals surface area (Å²) in [6.07, 6.45) is 8.86. The summed E-state index contributed by atoms with van der Waals surface area (Å²) in [6.45, 7) is 6.38. The summed E-state index contributed by atoms with van der Waals surface area (Å²) >= 11 is 0. The van der Waals surface area contributed by atoms with Crippen LogP contribution < -0.4 is 0 Å². The van der Waals surface area contributed by atoms with Gasteiger partial charge in [0.1, 0.15) is 0 Å². The Morgan fingerprint density at radius 2 is 1.18 bits per heavy atom. The average molecular weight is 327 g/mol. The van der Waals surface area contributed by atoms with Crippen LogP contribution in [0, 0.1) is 0 Å². The number of benzene rings is 1. The Labute approximate surface area is 135 Å². The molecule has 0 unspecified atom stereocenters. The Hall–Kier alpha value is -0.870. The number of hydrogen-bond donors (Lipinski definition) is 1. The Balaban J connectivity index is 3.28. The minimum Gasteiger partial charge on any atom is -0.282 e. The van der Waals surface area contributed by atoms with Crippen LogP contribution in [-0.4, -0.2) is 13.0 Å². The predicted molar refractivity (Wildman–Crippen MR) is 92.1 cm³/mol. The summed E-state index contributed by atoms with van der Waals surface area (Å²) in [5, 5.41) is 0. The van der Waals surface area contributed by atoms with Crippen molar-refractivity contribution < 1.29 is 13.0 Å². The van der Waals surface area contributed by atoms with Crippen LogP contribution in [0.4, 0.5) is 0 Å². The molecular formula is C18H30O3S. The van der Waals surface area contributed by atoms with Crippen LogP contribution in [0.5, 0.6) is 0 Å². The molecule has 4 heteroatoms. The summed E-state index contributed by atoms with van der Waals surface area (Å²) in [5.41, 5.74) is 3.12. The van der Waals surface area contributed by atoms with Crippen molar-refractivity contribution in [2.75, 3.05) is 0 Å². The van der Waals surface area contributed by atoms with Gasteiger partial charge in [0.15, 0.2) is 0 Å². The lowest BCUT2D eigenvalue weighted by Gasteiger charge is -2.15. The van der Waals surface area contributed by atoms with Crippen molar-refractivity contribution in [3.63, 3.8) is 0 Å². The third-order valence-corrected chi connectivity index (χ3v) is 5.00. The lowest BCUT2D eigenvalue weighted by atomic mass is 9.94. The van der Waals surface area contributed by atoms with Gasteiger partial charge in [-0.2, -0.15) is 8.42 Å². The molecule has 0 spiro atoms. The first kappa shape index (κ1) is 19.2. The zero-order valence-electron chi connectivity index (χ0n) is 14.2. The van der Waals surface area contributed by atoms with Crippen LogP contribution in [0.1, 0.15) is 76.0 Å². The summed E-state index contributed by atoms with van der Waals surface area (Å²) in [4.78, 5) is 0.118. The summed E-state index contributed by atoms with van der Waals surface area (Å²) in [5.74, 6) is 0. The smallest absolute Gasteiger partial charge is 0.282 e. The Kier molecular flexibility index (Phi) is 8.12. The molecule has 126 valence electrons. The molecule has 3 nitrogen and oxygen atoms in total. The largest absolute Gasteiger partial charge is 0.294 e. The molecule has 0 saturated heterocycles. The van der Waals surface area contributed by atoms with Gasteiger partial charge in [0, 0.05) is 0 Å². The molecule has 1 aromatic rings. The maximum absolute atomic E-state index is 11.7. The number of hydrogen-bond acceptors (Lipinski definition) is 2. The number of rotatable bonds is 10. The van der Waals surface area contributed by atoms with Crippen molar-refractivity contribution in [3.8, 4) is 0 Å². The van der Waals surface area contributed by atoms with E-state index >= 15 is 0 Å². The highest BCUT2D eigenvalue weighted by Gasteiger charge is 2.18. The second-order valence-electron chi connectivity index (χ2n) is 6.01. The van der Waals surface area contributed by atoms with E-state index in [4.69, 9.17) is 0 Å². The first-order valence-corrected chi connectivity index (χ1v) is 10.00. The zero-order chi connectivity index (χ0) is 16.6. The van der Waals surface area contributed by atoms with E-state index in [-0.39, 0.29) is 4.90 Å². The third kappa shape index (κ3) is 5.73.